The van der Waals surface area contributed by atoms with Gasteiger partial charge in [0.05, 0.1) is 47.2 Å². The second kappa shape index (κ2) is 24.4. The Labute approximate surface area is 415 Å². The number of aliphatic hydroxyl groups is 4. The van der Waals surface area contributed by atoms with Gasteiger partial charge in [-0.3, -0.25) is 4.79 Å². The number of esters is 1. The summed E-state index contributed by atoms with van der Waals surface area (Å²) in [6.07, 6.45) is -4.54. The smallest absolute Gasteiger partial charge is 0.311 e. The maximum Gasteiger partial charge on any atom is 0.311 e. The van der Waals surface area contributed by atoms with Crippen LogP contribution in [0.1, 0.15) is 125 Å². The van der Waals surface area contributed by atoms with Crippen LogP contribution in [0.5, 0.6) is 0 Å². The van der Waals surface area contributed by atoms with Crippen LogP contribution in [0.2, 0.25) is 0 Å². The van der Waals surface area contributed by atoms with E-state index < -0.39 is 109 Å². The van der Waals surface area contributed by atoms with Crippen LogP contribution in [0.15, 0.2) is 30.5 Å². The molecule has 5 rings (SSSR count). The summed E-state index contributed by atoms with van der Waals surface area (Å²) >= 11 is 0. The Morgan fingerprint density at radius 2 is 1.64 bits per heavy atom. The minimum absolute atomic E-state index is 0.0104. The van der Waals surface area contributed by atoms with E-state index >= 15 is 0 Å². The van der Waals surface area contributed by atoms with Crippen LogP contribution in [0.4, 0.5) is 10.1 Å². The van der Waals surface area contributed by atoms with Crippen LogP contribution >= 0.6 is 0 Å². The summed E-state index contributed by atoms with van der Waals surface area (Å²) in [5.41, 5.74) is 3.56. The number of aliphatic hydroxyl groups excluding tert-OH is 2. The zero-order valence-corrected chi connectivity index (χ0v) is 44.2. The summed E-state index contributed by atoms with van der Waals surface area (Å²) in [5.74, 6) is -2.56. The third kappa shape index (κ3) is 13.6. The largest absolute Gasteiger partial charge is 0.459 e. The summed E-state index contributed by atoms with van der Waals surface area (Å²) in [4.78, 5) is 18.6. The second-order valence-corrected chi connectivity index (χ2v) is 21.6. The number of carbonyl (C=O) groups excluding carboxylic acids is 1. The van der Waals surface area contributed by atoms with Crippen molar-refractivity contribution < 1.29 is 62.8 Å². The summed E-state index contributed by atoms with van der Waals surface area (Å²) in [6.45, 7) is 18.2. The number of nitrogen functional groups attached to an aromatic ring is 1. The average molecular weight is 995 g/mol. The van der Waals surface area contributed by atoms with Crippen molar-refractivity contribution in [3.63, 3.8) is 0 Å². The highest BCUT2D eigenvalue weighted by atomic mass is 19.1. The lowest BCUT2D eigenvalue weighted by Gasteiger charge is -2.48. The highest BCUT2D eigenvalue weighted by Crippen LogP contribution is 2.40. The van der Waals surface area contributed by atoms with Crippen molar-refractivity contribution >= 4 is 11.7 Å². The van der Waals surface area contributed by atoms with Gasteiger partial charge in [0.15, 0.2) is 12.6 Å². The molecule has 0 bridgehead atoms. The fourth-order valence-corrected chi connectivity index (χ4v) is 11.2. The minimum Gasteiger partial charge on any atom is -0.459 e. The summed E-state index contributed by atoms with van der Waals surface area (Å²) in [5, 5.41) is 56.1. The number of alkyl halides is 1. The number of rotatable bonds is 15. The fraction of sp³-hybridized carbons (Fsp3) is 0.824. The van der Waals surface area contributed by atoms with Crippen LogP contribution in [0.25, 0.3) is 0 Å². The predicted molar refractivity (Wildman–Crippen MR) is 261 cm³/mol. The van der Waals surface area contributed by atoms with Gasteiger partial charge in [0.25, 0.3) is 0 Å². The minimum atomic E-state index is -1.82. The van der Waals surface area contributed by atoms with Crippen LogP contribution in [-0.2, 0) is 44.4 Å². The van der Waals surface area contributed by atoms with Crippen molar-refractivity contribution in [3.05, 3.63) is 41.7 Å². The number of hydrogen-bond acceptors (Lipinski definition) is 17. The van der Waals surface area contributed by atoms with E-state index in [4.69, 9.17) is 38.9 Å². The van der Waals surface area contributed by atoms with E-state index in [-0.39, 0.29) is 37.3 Å². The standard InChI is InChI=1S/C51H87FN6O12/c1-15-40-51(10,63)45(59)33(6)57(12)27-29(2)24-49(8,62)47(31(4)43(32(5)48(61)68-40)69-42-25-50(9,65-14)46(60)34(7)67-42)70-41-23-38(22-30(3)66-41)56(11)21-20-37-28-58(55-54-37)39(26-52)44(64-13)35-16-18-36(53)19-17-35/h16-19,28-34,38-47,59-60,62-63H,15,20-27,53H2,1-14H3/t29-,30-,31+,32-,33-,34+,38+,39-,40-,41+,42+,43+,44-,45-,46+,47-,49-,50-,51-/m1/s1. The molecule has 4 heterocycles. The molecule has 0 unspecified atom stereocenters. The van der Waals surface area contributed by atoms with Crippen molar-refractivity contribution in [2.24, 2.45) is 17.8 Å². The van der Waals surface area contributed by atoms with Gasteiger partial charge in [0.2, 0.25) is 0 Å². The number of hydrogen-bond donors (Lipinski definition) is 5. The SMILES string of the molecule is CC[C@H]1OC(=O)[C@H](C)[C@@H](O[C@H]2C[C@@](C)(OC)[C@@H](O)[C@H](C)O2)[C@H](C)[C@@H](O[C@H]2C[C@@H](N(C)CCc3cn([C@H](CF)[C@H](OC)c4ccc(N)cc4)nn3)C[C@@H](C)O2)[C@](C)(O)C[C@@H](C)CN(C)[C@H](C)[C@@H](O)[C@]1(C)O. The number of nitrogens with two attached hydrogens (primary N) is 1. The molecular formula is C51H87FN6O12. The lowest BCUT2D eigenvalue weighted by molar-refractivity contribution is -0.308. The van der Waals surface area contributed by atoms with Gasteiger partial charge in [-0.05, 0) is 105 Å². The molecule has 2 aromatic rings. The van der Waals surface area contributed by atoms with Crippen molar-refractivity contribution in [1.29, 1.82) is 0 Å². The first-order valence-corrected chi connectivity index (χ1v) is 25.2. The highest BCUT2D eigenvalue weighted by Gasteiger charge is 2.52. The number of methoxy groups -OCH3 is 2. The third-order valence-corrected chi connectivity index (χ3v) is 15.7. The first-order chi connectivity index (χ1) is 32.8. The molecule has 6 N–H and O–H groups in total. The Kier molecular flexibility index (Phi) is 20.2. The van der Waals surface area contributed by atoms with Gasteiger partial charge in [0, 0.05) is 76.5 Å². The predicted octanol–water partition coefficient (Wildman–Crippen LogP) is 4.61. The Balaban J connectivity index is 1.43. The first-order valence-electron chi connectivity index (χ1n) is 25.2. The summed E-state index contributed by atoms with van der Waals surface area (Å²) in [7, 11) is 6.94. The number of aromatic nitrogens is 3. The van der Waals surface area contributed by atoms with Gasteiger partial charge in [-0.1, -0.05) is 38.1 Å². The number of ether oxygens (including phenoxy) is 7. The molecule has 19 heteroatoms. The highest BCUT2D eigenvalue weighted by molar-refractivity contribution is 5.73. The van der Waals surface area contributed by atoms with Crippen molar-refractivity contribution in [1.82, 2.24) is 24.8 Å². The average Bonchev–Trinajstić information content (AvgIpc) is 3.78. The molecule has 18 nitrogen and oxygen atoms in total. The molecule has 0 saturated carbocycles. The van der Waals surface area contributed by atoms with Crippen molar-refractivity contribution in [2.45, 2.75) is 204 Å². The van der Waals surface area contributed by atoms with Crippen LogP contribution < -0.4 is 5.73 Å². The van der Waals surface area contributed by atoms with E-state index in [1.807, 2.05) is 58.8 Å². The number of nitrogens with zero attached hydrogens (tertiary/aromatic N) is 5. The number of anilines is 1. The molecule has 0 aliphatic carbocycles. The van der Waals surface area contributed by atoms with Crippen LogP contribution in [-0.4, -0.2) is 183 Å². The molecule has 400 valence electrons. The van der Waals surface area contributed by atoms with Gasteiger partial charge in [0.1, 0.15) is 42.7 Å². The van der Waals surface area contributed by atoms with Gasteiger partial charge in [-0.15, -0.1) is 5.10 Å². The number of halogens is 1. The molecule has 0 spiro atoms. The Morgan fingerprint density at radius 1 is 0.971 bits per heavy atom. The molecule has 0 amide bonds. The molecule has 1 aromatic carbocycles. The normalized spacial score (nSPS) is 39.7. The lowest BCUT2D eigenvalue weighted by Crippen LogP contribution is -2.59. The fourth-order valence-electron chi connectivity index (χ4n) is 11.2. The topological polar surface area (TPSA) is 226 Å². The van der Waals surface area contributed by atoms with E-state index in [9.17, 15) is 29.6 Å². The maximum atomic E-state index is 14.6. The van der Waals surface area contributed by atoms with Crippen molar-refractivity contribution in [2.75, 3.05) is 53.8 Å². The van der Waals surface area contributed by atoms with E-state index in [2.05, 4.69) is 15.2 Å². The second-order valence-electron chi connectivity index (χ2n) is 21.6. The number of carbonyl (C=O) groups is 1. The molecule has 3 aliphatic rings. The van der Waals surface area contributed by atoms with Gasteiger partial charge >= 0.3 is 5.97 Å². The molecular weight excluding hydrogens is 908 g/mol. The quantitative estimate of drug-likeness (QED) is 0.121. The molecule has 3 aliphatic heterocycles. The maximum absolute atomic E-state index is 14.6. The summed E-state index contributed by atoms with van der Waals surface area (Å²) in [6, 6.07) is 5.84. The van der Waals surface area contributed by atoms with E-state index in [0.29, 0.717) is 43.7 Å². The number of likely N-dealkylation sites (N-methyl/N-ethyl adjacent to an activating group) is 2. The molecule has 1 aromatic heterocycles. The zero-order valence-electron chi connectivity index (χ0n) is 44.2. The Bertz CT molecular complexity index is 1930. The Hall–Kier alpha value is -2.92. The molecule has 0 radical (unpaired) electrons. The van der Waals surface area contributed by atoms with Crippen molar-refractivity contribution in [3.8, 4) is 0 Å². The molecule has 70 heavy (non-hydrogen) atoms. The van der Waals surface area contributed by atoms with Crippen LogP contribution in [0.3, 0.4) is 0 Å². The van der Waals surface area contributed by atoms with Gasteiger partial charge in [-0.25, -0.2) is 9.07 Å². The Morgan fingerprint density at radius 3 is 2.26 bits per heavy atom. The lowest BCUT2D eigenvalue weighted by atomic mass is 9.77. The van der Waals surface area contributed by atoms with Gasteiger partial charge < -0.3 is 69.1 Å². The first kappa shape index (κ1) is 58.0. The number of cyclic esters (lactones) is 1. The molecule has 19 atom stereocenters. The molecule has 3 fully saturated rings. The van der Waals surface area contributed by atoms with E-state index in [1.54, 1.807) is 52.9 Å². The van der Waals surface area contributed by atoms with Crippen LogP contribution in [0, 0.1) is 17.8 Å². The monoisotopic (exact) mass is 995 g/mol. The van der Waals surface area contributed by atoms with Gasteiger partial charge in [-0.2, -0.15) is 0 Å². The number of benzene rings is 1. The third-order valence-electron chi connectivity index (χ3n) is 15.7. The molecule has 3 saturated heterocycles. The van der Waals surface area contributed by atoms with E-state index in [0.717, 1.165) is 5.56 Å². The summed E-state index contributed by atoms with van der Waals surface area (Å²) < 4.78 is 60.5. The van der Waals surface area contributed by atoms with E-state index in [1.165, 1.54) is 25.8 Å². The zero-order chi connectivity index (χ0) is 52.0.